The molecule has 1 rings (SSSR count). The zero-order valence-electron chi connectivity index (χ0n) is 9.98. The van der Waals surface area contributed by atoms with Crippen molar-refractivity contribution < 1.29 is 13.5 Å². The molecular weight excluding hydrogens is 226 g/mol. The van der Waals surface area contributed by atoms with Crippen LogP contribution in [0.15, 0.2) is 0 Å². The lowest BCUT2D eigenvalue weighted by Gasteiger charge is -2.25. The molecule has 0 spiro atoms. The highest BCUT2D eigenvalue weighted by atomic mass is 32.2. The van der Waals surface area contributed by atoms with E-state index < -0.39 is 9.84 Å². The van der Waals surface area contributed by atoms with E-state index in [1.54, 1.807) is 0 Å². The molecule has 0 aromatic heterocycles. The topological polar surface area (TPSA) is 66.4 Å². The van der Waals surface area contributed by atoms with E-state index in [0.29, 0.717) is 12.3 Å². The van der Waals surface area contributed by atoms with Gasteiger partial charge in [0.15, 0.2) is 0 Å². The van der Waals surface area contributed by atoms with Crippen LogP contribution in [0.4, 0.5) is 0 Å². The molecule has 5 heteroatoms. The molecule has 0 bridgehead atoms. The van der Waals surface area contributed by atoms with E-state index in [9.17, 15) is 13.5 Å². The quantitative estimate of drug-likeness (QED) is 0.675. The van der Waals surface area contributed by atoms with E-state index >= 15 is 0 Å². The SMILES string of the molecule is CS(=O)(=O)CCCNCC1CCCC(O)C1. The Labute approximate surface area is 98.4 Å². The Morgan fingerprint density at radius 1 is 1.38 bits per heavy atom. The first-order chi connectivity index (χ1) is 7.47. The minimum absolute atomic E-state index is 0.128. The van der Waals surface area contributed by atoms with Gasteiger partial charge in [0.05, 0.1) is 11.9 Å². The zero-order chi connectivity index (χ0) is 12.0. The summed E-state index contributed by atoms with van der Waals surface area (Å²) in [6.45, 7) is 1.65. The molecule has 2 unspecified atom stereocenters. The molecule has 0 aromatic carbocycles. The Kier molecular flexibility index (Phi) is 5.72. The van der Waals surface area contributed by atoms with Gasteiger partial charge in [0.25, 0.3) is 0 Å². The maximum atomic E-state index is 10.9. The van der Waals surface area contributed by atoms with E-state index in [0.717, 1.165) is 32.4 Å². The lowest BCUT2D eigenvalue weighted by Crippen LogP contribution is -2.30. The number of hydrogen-bond donors (Lipinski definition) is 2. The van der Waals surface area contributed by atoms with Crippen LogP contribution in [0.2, 0.25) is 0 Å². The molecule has 0 aliphatic heterocycles. The van der Waals surface area contributed by atoms with Crippen molar-refractivity contribution in [2.45, 2.75) is 38.2 Å². The number of hydrogen-bond acceptors (Lipinski definition) is 4. The second-order valence-electron chi connectivity index (χ2n) is 4.87. The van der Waals surface area contributed by atoms with Crippen molar-refractivity contribution in [1.29, 1.82) is 0 Å². The number of rotatable bonds is 6. The summed E-state index contributed by atoms with van der Waals surface area (Å²) < 4.78 is 21.8. The van der Waals surface area contributed by atoms with Crippen molar-refractivity contribution in [3.63, 3.8) is 0 Å². The normalized spacial score (nSPS) is 26.9. The van der Waals surface area contributed by atoms with Gasteiger partial charge in [-0.3, -0.25) is 0 Å². The lowest BCUT2D eigenvalue weighted by atomic mass is 9.87. The van der Waals surface area contributed by atoms with Crippen molar-refractivity contribution in [1.82, 2.24) is 5.32 Å². The molecule has 2 atom stereocenters. The van der Waals surface area contributed by atoms with Gasteiger partial charge >= 0.3 is 0 Å². The van der Waals surface area contributed by atoms with E-state index in [1.807, 2.05) is 0 Å². The van der Waals surface area contributed by atoms with Crippen molar-refractivity contribution in [2.24, 2.45) is 5.92 Å². The average molecular weight is 249 g/mol. The first-order valence-corrected chi connectivity index (χ1v) is 8.10. The fraction of sp³-hybridized carbons (Fsp3) is 1.00. The van der Waals surface area contributed by atoms with E-state index in [2.05, 4.69) is 5.32 Å². The number of sulfone groups is 1. The van der Waals surface area contributed by atoms with E-state index in [4.69, 9.17) is 0 Å². The predicted octanol–water partition coefficient (Wildman–Crippen LogP) is 0.562. The first-order valence-electron chi connectivity index (χ1n) is 6.04. The largest absolute Gasteiger partial charge is 0.393 e. The molecule has 1 aliphatic rings. The summed E-state index contributed by atoms with van der Waals surface area (Å²) in [5.74, 6) is 0.815. The van der Waals surface area contributed by atoms with E-state index in [-0.39, 0.29) is 11.9 Å². The summed E-state index contributed by atoms with van der Waals surface area (Å²) in [7, 11) is -2.82. The monoisotopic (exact) mass is 249 g/mol. The molecule has 0 saturated heterocycles. The van der Waals surface area contributed by atoms with Gasteiger partial charge in [-0.25, -0.2) is 8.42 Å². The van der Waals surface area contributed by atoms with Gasteiger partial charge in [-0.1, -0.05) is 6.42 Å². The molecule has 0 radical (unpaired) electrons. The van der Waals surface area contributed by atoms with Crippen LogP contribution in [0.25, 0.3) is 0 Å². The Balaban J connectivity index is 2.02. The first kappa shape index (κ1) is 13.9. The molecule has 1 aliphatic carbocycles. The molecule has 96 valence electrons. The highest BCUT2D eigenvalue weighted by Crippen LogP contribution is 2.23. The van der Waals surface area contributed by atoms with Gasteiger partial charge in [-0.2, -0.15) is 0 Å². The Morgan fingerprint density at radius 3 is 2.75 bits per heavy atom. The number of aliphatic hydroxyl groups excluding tert-OH is 1. The van der Waals surface area contributed by atoms with Crippen LogP contribution in [-0.2, 0) is 9.84 Å². The fourth-order valence-corrected chi connectivity index (χ4v) is 2.88. The molecule has 16 heavy (non-hydrogen) atoms. The average Bonchev–Trinajstić information content (AvgIpc) is 2.15. The number of nitrogens with one attached hydrogen (secondary N) is 1. The molecule has 1 fully saturated rings. The number of aliphatic hydroxyl groups is 1. The third-order valence-corrected chi connectivity index (χ3v) is 4.09. The van der Waals surface area contributed by atoms with Crippen molar-refractivity contribution in [3.05, 3.63) is 0 Å². The molecule has 4 nitrogen and oxygen atoms in total. The Hall–Kier alpha value is -0.130. The van der Waals surface area contributed by atoms with Crippen LogP contribution in [0.3, 0.4) is 0 Å². The van der Waals surface area contributed by atoms with Crippen LogP contribution in [-0.4, -0.2) is 44.7 Å². The van der Waals surface area contributed by atoms with Crippen LogP contribution >= 0.6 is 0 Å². The van der Waals surface area contributed by atoms with Gasteiger partial charge in [0.2, 0.25) is 0 Å². The lowest BCUT2D eigenvalue weighted by molar-refractivity contribution is 0.101. The predicted molar refractivity (Wildman–Crippen MR) is 65.2 cm³/mol. The summed E-state index contributed by atoms with van der Waals surface area (Å²) in [6.07, 6.45) is 5.92. The Bertz CT molecular complexity index is 290. The Morgan fingerprint density at radius 2 is 2.12 bits per heavy atom. The third-order valence-electron chi connectivity index (χ3n) is 3.06. The van der Waals surface area contributed by atoms with Gasteiger partial charge < -0.3 is 10.4 Å². The maximum absolute atomic E-state index is 10.9. The smallest absolute Gasteiger partial charge is 0.147 e. The van der Waals surface area contributed by atoms with E-state index in [1.165, 1.54) is 12.7 Å². The maximum Gasteiger partial charge on any atom is 0.147 e. The highest BCUT2D eigenvalue weighted by molar-refractivity contribution is 7.90. The molecule has 1 saturated carbocycles. The molecule has 0 aromatic rings. The summed E-state index contributed by atoms with van der Waals surface area (Å²) in [6, 6.07) is 0. The molecule has 2 N–H and O–H groups in total. The van der Waals surface area contributed by atoms with Crippen molar-refractivity contribution >= 4 is 9.84 Å². The van der Waals surface area contributed by atoms with Gasteiger partial charge in [0, 0.05) is 6.26 Å². The molecule has 0 amide bonds. The molecular formula is C11H23NO3S. The van der Waals surface area contributed by atoms with Crippen LogP contribution in [0, 0.1) is 5.92 Å². The van der Waals surface area contributed by atoms with Crippen molar-refractivity contribution in [3.8, 4) is 0 Å². The van der Waals surface area contributed by atoms with Gasteiger partial charge in [0.1, 0.15) is 9.84 Å². The minimum atomic E-state index is -2.82. The van der Waals surface area contributed by atoms with Crippen LogP contribution < -0.4 is 5.32 Å². The summed E-state index contributed by atoms with van der Waals surface area (Å²) in [5, 5.41) is 12.8. The standard InChI is InChI=1S/C11H23NO3S/c1-16(14,15)7-3-6-12-9-10-4-2-5-11(13)8-10/h10-13H,2-9H2,1H3. The summed E-state index contributed by atoms with van der Waals surface area (Å²) in [5.41, 5.74) is 0. The van der Waals surface area contributed by atoms with Gasteiger partial charge in [-0.15, -0.1) is 0 Å². The highest BCUT2D eigenvalue weighted by Gasteiger charge is 2.19. The summed E-state index contributed by atoms with van der Waals surface area (Å²) in [4.78, 5) is 0. The zero-order valence-corrected chi connectivity index (χ0v) is 10.8. The third kappa shape index (κ3) is 6.45. The fourth-order valence-electron chi connectivity index (χ4n) is 2.21. The minimum Gasteiger partial charge on any atom is -0.393 e. The second-order valence-corrected chi connectivity index (χ2v) is 7.13. The van der Waals surface area contributed by atoms with Crippen molar-refractivity contribution in [2.75, 3.05) is 25.1 Å². The summed E-state index contributed by atoms with van der Waals surface area (Å²) >= 11 is 0. The van der Waals surface area contributed by atoms with Crippen LogP contribution in [0.5, 0.6) is 0 Å². The second kappa shape index (κ2) is 6.57. The van der Waals surface area contributed by atoms with Gasteiger partial charge in [-0.05, 0) is 44.7 Å². The van der Waals surface area contributed by atoms with Crippen LogP contribution in [0.1, 0.15) is 32.1 Å². The molecule has 0 heterocycles.